The van der Waals surface area contributed by atoms with Crippen molar-refractivity contribution in [2.45, 2.75) is 38.8 Å². The fourth-order valence-electron chi connectivity index (χ4n) is 5.31. The summed E-state index contributed by atoms with van der Waals surface area (Å²) in [6.07, 6.45) is 4.96. The molecule has 2 aromatic carbocycles. The molecule has 0 radical (unpaired) electrons. The van der Waals surface area contributed by atoms with Crippen LogP contribution in [0.15, 0.2) is 65.8 Å². The number of halogens is 1. The van der Waals surface area contributed by atoms with Crippen LogP contribution in [0.1, 0.15) is 38.8 Å². The molecule has 6 rings (SSSR count). The lowest BCUT2D eigenvalue weighted by molar-refractivity contribution is 0.0730. The highest BCUT2D eigenvalue weighted by atomic mass is 35.5. The molecule has 0 fully saturated rings. The molecule has 0 saturated heterocycles. The minimum Gasteiger partial charge on any atom is -0.324 e. The molecule has 0 bridgehead atoms. The Morgan fingerprint density at radius 1 is 0.972 bits per heavy atom. The highest BCUT2D eigenvalue weighted by Gasteiger charge is 2.46. The molecule has 9 heteroatoms. The highest BCUT2D eigenvalue weighted by Crippen LogP contribution is 2.48. The second-order valence-corrected chi connectivity index (χ2v) is 10.6. The Kier molecular flexibility index (Phi) is 4.81. The normalized spacial score (nSPS) is 16.5. The van der Waals surface area contributed by atoms with Gasteiger partial charge in [-0.15, -0.1) is 0 Å². The lowest BCUT2D eigenvalue weighted by Crippen LogP contribution is -2.42. The summed E-state index contributed by atoms with van der Waals surface area (Å²) < 4.78 is 3.26. The van der Waals surface area contributed by atoms with Gasteiger partial charge in [-0.1, -0.05) is 29.8 Å². The van der Waals surface area contributed by atoms with E-state index in [1.165, 1.54) is 15.7 Å². The number of anilines is 2. The van der Waals surface area contributed by atoms with Crippen molar-refractivity contribution < 1.29 is 0 Å². The number of imidazole rings is 1. The van der Waals surface area contributed by atoms with Gasteiger partial charge in [0.1, 0.15) is 5.39 Å². The molecule has 5 aromatic rings. The molecule has 0 unspecified atom stereocenters. The number of nitrogens with one attached hydrogen (secondary N) is 1. The molecule has 1 N–H and O–H groups in total. The van der Waals surface area contributed by atoms with Crippen LogP contribution in [0.4, 0.5) is 11.6 Å². The average Bonchev–Trinajstić information content (AvgIpc) is 3.38. The minimum absolute atomic E-state index is 0.0641. The SMILES string of the molecule is CN1C(C)(C)c2ccc(Nc3ncc4c(=O)n(-c5ccccc5Cl)c5nccn5c4n3)cc2C1(C)C. The van der Waals surface area contributed by atoms with Crippen LogP contribution in [0.25, 0.3) is 22.5 Å². The van der Waals surface area contributed by atoms with Crippen LogP contribution in [-0.2, 0) is 11.1 Å². The number of benzene rings is 2. The predicted molar refractivity (Wildman–Crippen MR) is 142 cm³/mol. The third-order valence-electron chi connectivity index (χ3n) is 7.62. The van der Waals surface area contributed by atoms with Gasteiger partial charge in [0.25, 0.3) is 5.56 Å². The van der Waals surface area contributed by atoms with Crippen LogP contribution >= 0.6 is 11.6 Å². The van der Waals surface area contributed by atoms with Gasteiger partial charge >= 0.3 is 0 Å². The van der Waals surface area contributed by atoms with E-state index >= 15 is 0 Å². The van der Waals surface area contributed by atoms with Crippen molar-refractivity contribution in [3.8, 4) is 5.69 Å². The van der Waals surface area contributed by atoms with Crippen molar-refractivity contribution in [3.05, 3.63) is 87.6 Å². The van der Waals surface area contributed by atoms with Gasteiger partial charge in [-0.05, 0) is 70.1 Å². The Bertz CT molecular complexity index is 1730. The summed E-state index contributed by atoms with van der Waals surface area (Å²) in [6, 6.07) is 13.6. The first-order valence-corrected chi connectivity index (χ1v) is 12.1. The molecule has 4 heterocycles. The van der Waals surface area contributed by atoms with Crippen LogP contribution in [0.2, 0.25) is 5.02 Å². The number of nitrogens with zero attached hydrogens (tertiary/aromatic N) is 6. The smallest absolute Gasteiger partial charge is 0.270 e. The van der Waals surface area contributed by atoms with Gasteiger partial charge in [-0.3, -0.25) is 14.1 Å². The zero-order valence-electron chi connectivity index (χ0n) is 20.7. The minimum atomic E-state index is -0.284. The molecule has 3 aromatic heterocycles. The van der Waals surface area contributed by atoms with E-state index < -0.39 is 0 Å². The van der Waals surface area contributed by atoms with Gasteiger partial charge in [-0.2, -0.15) is 4.98 Å². The van der Waals surface area contributed by atoms with E-state index in [2.05, 4.69) is 67.1 Å². The van der Waals surface area contributed by atoms with Gasteiger partial charge in [0.2, 0.25) is 11.7 Å². The fraction of sp³-hybridized carbons (Fsp3) is 0.259. The molecule has 182 valence electrons. The second kappa shape index (κ2) is 7.62. The Hall–Kier alpha value is -3.75. The number of rotatable bonds is 3. The average molecular weight is 500 g/mol. The summed E-state index contributed by atoms with van der Waals surface area (Å²) in [4.78, 5) is 29.5. The Morgan fingerprint density at radius 3 is 2.50 bits per heavy atom. The van der Waals surface area contributed by atoms with E-state index in [1.54, 1.807) is 35.1 Å². The molecule has 1 aliphatic rings. The predicted octanol–water partition coefficient (Wildman–Crippen LogP) is 5.24. The van der Waals surface area contributed by atoms with Gasteiger partial charge in [0, 0.05) is 35.4 Å². The second-order valence-electron chi connectivity index (χ2n) is 10.2. The summed E-state index contributed by atoms with van der Waals surface area (Å²) in [5.41, 5.74) is 4.01. The zero-order valence-corrected chi connectivity index (χ0v) is 21.5. The highest BCUT2D eigenvalue weighted by molar-refractivity contribution is 6.32. The summed E-state index contributed by atoms with van der Waals surface area (Å²) >= 11 is 6.41. The molecule has 1 aliphatic heterocycles. The molecule has 0 aliphatic carbocycles. The van der Waals surface area contributed by atoms with E-state index in [-0.39, 0.29) is 16.6 Å². The summed E-state index contributed by atoms with van der Waals surface area (Å²) in [6.45, 7) is 8.95. The largest absolute Gasteiger partial charge is 0.324 e. The number of fused-ring (bicyclic) bond motifs is 4. The first kappa shape index (κ1) is 22.7. The monoisotopic (exact) mass is 499 g/mol. The lowest BCUT2D eigenvalue weighted by Gasteiger charge is -2.37. The molecule has 0 spiro atoms. The van der Waals surface area contributed by atoms with Crippen molar-refractivity contribution in [1.29, 1.82) is 0 Å². The molecule has 8 nitrogen and oxygen atoms in total. The number of hydrogen-bond donors (Lipinski definition) is 1. The number of aromatic nitrogens is 5. The molecular formula is C27H26ClN7O. The summed E-state index contributed by atoms with van der Waals surface area (Å²) in [5.74, 6) is 0.825. The van der Waals surface area contributed by atoms with Crippen LogP contribution in [0.3, 0.4) is 0 Å². The van der Waals surface area contributed by atoms with Gasteiger partial charge < -0.3 is 5.32 Å². The van der Waals surface area contributed by atoms with Crippen LogP contribution in [0, 0.1) is 0 Å². The zero-order chi connectivity index (χ0) is 25.4. The first-order valence-electron chi connectivity index (χ1n) is 11.8. The van der Waals surface area contributed by atoms with E-state index in [0.717, 1.165) is 5.69 Å². The Labute approximate surface area is 213 Å². The van der Waals surface area contributed by atoms with E-state index in [9.17, 15) is 4.79 Å². The fourth-order valence-corrected chi connectivity index (χ4v) is 5.53. The molecular weight excluding hydrogens is 474 g/mol. The Balaban J connectivity index is 1.46. The van der Waals surface area contributed by atoms with Crippen molar-refractivity contribution in [2.75, 3.05) is 12.4 Å². The van der Waals surface area contributed by atoms with Crippen LogP contribution in [0.5, 0.6) is 0 Å². The third-order valence-corrected chi connectivity index (χ3v) is 7.94. The van der Waals surface area contributed by atoms with Crippen molar-refractivity contribution in [3.63, 3.8) is 0 Å². The van der Waals surface area contributed by atoms with Crippen molar-refractivity contribution in [2.24, 2.45) is 0 Å². The summed E-state index contributed by atoms with van der Waals surface area (Å²) in [5, 5.41) is 4.15. The lowest BCUT2D eigenvalue weighted by atomic mass is 9.90. The quantitative estimate of drug-likeness (QED) is 0.365. The maximum absolute atomic E-state index is 13.5. The maximum atomic E-state index is 13.5. The van der Waals surface area contributed by atoms with Crippen LogP contribution in [-0.4, -0.2) is 35.9 Å². The van der Waals surface area contributed by atoms with Gasteiger partial charge in [0.05, 0.1) is 10.7 Å². The van der Waals surface area contributed by atoms with Gasteiger partial charge in [-0.25, -0.2) is 14.5 Å². The molecule has 0 atom stereocenters. The first-order chi connectivity index (χ1) is 17.1. The van der Waals surface area contributed by atoms with E-state index in [4.69, 9.17) is 16.6 Å². The maximum Gasteiger partial charge on any atom is 0.270 e. The van der Waals surface area contributed by atoms with Gasteiger partial charge in [0.15, 0.2) is 5.65 Å². The third kappa shape index (κ3) is 3.11. The molecule has 0 amide bonds. The van der Waals surface area contributed by atoms with Crippen LogP contribution < -0.4 is 10.9 Å². The standard InChI is InChI=1S/C27H26ClN7O/c1-26(2)18-11-10-16(14-19(18)27(3,4)33(26)5)31-24-30-15-17-22(32-24)34-13-12-29-25(34)35(23(17)36)21-9-7-6-8-20(21)28/h6-15H,1-5H3,(H,30,31,32). The van der Waals surface area contributed by atoms with E-state index in [1.807, 2.05) is 18.2 Å². The number of hydrogen-bond acceptors (Lipinski definition) is 6. The summed E-state index contributed by atoms with van der Waals surface area (Å²) in [7, 11) is 2.16. The van der Waals surface area contributed by atoms with Crippen molar-refractivity contribution >= 4 is 40.0 Å². The molecule has 36 heavy (non-hydrogen) atoms. The number of para-hydroxylation sites is 1. The Morgan fingerprint density at radius 2 is 1.72 bits per heavy atom. The van der Waals surface area contributed by atoms with Crippen molar-refractivity contribution in [1.82, 2.24) is 28.8 Å². The topological polar surface area (TPSA) is 80.4 Å². The molecule has 0 saturated carbocycles. The van der Waals surface area contributed by atoms with E-state index in [0.29, 0.717) is 33.5 Å².